The number of nitrogens with one attached hydrogen (secondary N) is 1. The van der Waals surface area contributed by atoms with E-state index in [1.807, 2.05) is 0 Å². The molecule has 4 heteroatoms. The highest BCUT2D eigenvalue weighted by molar-refractivity contribution is 5.85. The lowest BCUT2D eigenvalue weighted by Crippen LogP contribution is -2.60. The van der Waals surface area contributed by atoms with Crippen molar-refractivity contribution >= 4 is 5.91 Å². The molecule has 1 aliphatic carbocycles. The summed E-state index contributed by atoms with van der Waals surface area (Å²) < 4.78 is 0. The zero-order valence-electron chi connectivity index (χ0n) is 10.3. The Kier molecular flexibility index (Phi) is 3.41. The molecule has 0 aromatic rings. The van der Waals surface area contributed by atoms with E-state index in [-0.39, 0.29) is 11.4 Å². The average molecular weight is 213 g/mol. The molecule has 1 fully saturated rings. The predicted molar refractivity (Wildman–Crippen MR) is 61.5 cm³/mol. The Morgan fingerprint density at radius 2 is 2.00 bits per heavy atom. The zero-order chi connectivity index (χ0) is 11.7. The van der Waals surface area contributed by atoms with Gasteiger partial charge in [0, 0.05) is 12.1 Å². The van der Waals surface area contributed by atoms with Gasteiger partial charge in [-0.05, 0) is 47.2 Å². The summed E-state index contributed by atoms with van der Waals surface area (Å²) in [6.45, 7) is 4.16. The van der Waals surface area contributed by atoms with Crippen LogP contribution in [0.2, 0.25) is 0 Å². The number of nitrogens with zero attached hydrogens (tertiary/aromatic N) is 1. The van der Waals surface area contributed by atoms with Crippen molar-refractivity contribution < 1.29 is 4.79 Å². The fourth-order valence-electron chi connectivity index (χ4n) is 1.84. The van der Waals surface area contributed by atoms with Crippen LogP contribution in [0.4, 0.5) is 0 Å². The first kappa shape index (κ1) is 12.5. The summed E-state index contributed by atoms with van der Waals surface area (Å²) in [6, 6.07) is 0. The predicted octanol–water partition coefficient (Wildman–Crippen LogP) is 0.324. The fourth-order valence-corrected chi connectivity index (χ4v) is 1.84. The molecule has 1 saturated carbocycles. The van der Waals surface area contributed by atoms with Crippen molar-refractivity contribution in [2.75, 3.05) is 20.6 Å². The number of amides is 1. The topological polar surface area (TPSA) is 58.4 Å². The van der Waals surface area contributed by atoms with E-state index in [4.69, 9.17) is 5.73 Å². The van der Waals surface area contributed by atoms with Crippen LogP contribution in [-0.2, 0) is 4.79 Å². The zero-order valence-corrected chi connectivity index (χ0v) is 10.3. The van der Waals surface area contributed by atoms with Crippen LogP contribution in [0.3, 0.4) is 0 Å². The van der Waals surface area contributed by atoms with E-state index in [0.717, 1.165) is 12.8 Å². The Bertz CT molecular complexity index is 239. The highest BCUT2D eigenvalue weighted by Crippen LogP contribution is 2.35. The van der Waals surface area contributed by atoms with Crippen molar-refractivity contribution in [3.63, 3.8) is 0 Å². The first-order valence-electron chi connectivity index (χ1n) is 5.53. The Hall–Kier alpha value is -0.610. The van der Waals surface area contributed by atoms with Gasteiger partial charge in [-0.25, -0.2) is 0 Å². The lowest BCUT2D eigenvalue weighted by Gasteiger charge is -2.47. The Labute approximate surface area is 92.2 Å². The molecular weight excluding hydrogens is 190 g/mol. The van der Waals surface area contributed by atoms with Crippen LogP contribution in [-0.4, -0.2) is 42.5 Å². The van der Waals surface area contributed by atoms with Gasteiger partial charge < -0.3 is 16.0 Å². The summed E-state index contributed by atoms with van der Waals surface area (Å²) >= 11 is 0. The van der Waals surface area contributed by atoms with E-state index in [1.54, 1.807) is 13.8 Å². The van der Waals surface area contributed by atoms with Crippen molar-refractivity contribution in [3.05, 3.63) is 0 Å². The third-order valence-electron chi connectivity index (χ3n) is 3.40. The monoisotopic (exact) mass is 213 g/mol. The van der Waals surface area contributed by atoms with Crippen LogP contribution in [0.5, 0.6) is 0 Å². The summed E-state index contributed by atoms with van der Waals surface area (Å²) in [5, 5.41) is 2.94. The minimum absolute atomic E-state index is 0.0735. The maximum absolute atomic E-state index is 11.6. The van der Waals surface area contributed by atoms with Gasteiger partial charge in [0.25, 0.3) is 0 Å². The molecule has 0 bridgehead atoms. The molecule has 4 nitrogen and oxygen atoms in total. The van der Waals surface area contributed by atoms with Crippen LogP contribution in [0, 0.1) is 0 Å². The summed E-state index contributed by atoms with van der Waals surface area (Å²) in [6.07, 6.45) is 3.57. The number of likely N-dealkylation sites (N-methyl/N-ethyl adjacent to an activating group) is 1. The van der Waals surface area contributed by atoms with E-state index >= 15 is 0 Å². The number of rotatable bonds is 4. The number of nitrogens with two attached hydrogens (primary N) is 1. The second kappa shape index (κ2) is 4.10. The second-order valence-corrected chi connectivity index (χ2v) is 5.38. The van der Waals surface area contributed by atoms with Crippen molar-refractivity contribution in [2.24, 2.45) is 5.73 Å². The molecule has 0 unspecified atom stereocenters. The van der Waals surface area contributed by atoms with Gasteiger partial charge in [0.1, 0.15) is 0 Å². The SMILES string of the molecule is CN(C)C1(CNC(=O)C(C)(C)N)CCC1. The molecule has 0 heterocycles. The average Bonchev–Trinajstić information content (AvgIpc) is 1.99. The molecule has 0 radical (unpaired) electrons. The van der Waals surface area contributed by atoms with Gasteiger partial charge in [-0.3, -0.25) is 4.79 Å². The molecule has 88 valence electrons. The normalized spacial score (nSPS) is 19.9. The number of hydrogen-bond donors (Lipinski definition) is 2. The molecule has 0 aromatic carbocycles. The number of hydrogen-bond acceptors (Lipinski definition) is 3. The minimum Gasteiger partial charge on any atom is -0.353 e. The van der Waals surface area contributed by atoms with Gasteiger partial charge >= 0.3 is 0 Å². The Morgan fingerprint density at radius 3 is 2.27 bits per heavy atom. The van der Waals surface area contributed by atoms with Gasteiger partial charge in [-0.15, -0.1) is 0 Å². The molecule has 15 heavy (non-hydrogen) atoms. The molecule has 0 aliphatic heterocycles. The van der Waals surface area contributed by atoms with Crippen LogP contribution in [0.15, 0.2) is 0 Å². The summed E-state index contributed by atoms with van der Waals surface area (Å²) in [5.41, 5.74) is 5.11. The molecule has 0 aromatic heterocycles. The highest BCUT2D eigenvalue weighted by Gasteiger charge is 2.39. The third kappa shape index (κ3) is 2.69. The van der Waals surface area contributed by atoms with Gasteiger partial charge in [-0.1, -0.05) is 0 Å². The quantitative estimate of drug-likeness (QED) is 0.707. The molecule has 0 atom stereocenters. The standard InChI is InChI=1S/C11H23N3O/c1-10(2,12)9(15)13-8-11(14(3)4)6-5-7-11/h5-8,12H2,1-4H3,(H,13,15). The molecule has 1 rings (SSSR count). The number of carbonyl (C=O) groups is 1. The lowest BCUT2D eigenvalue weighted by molar-refractivity contribution is -0.126. The number of carbonyl (C=O) groups excluding carboxylic acids is 1. The van der Waals surface area contributed by atoms with Gasteiger partial charge in [-0.2, -0.15) is 0 Å². The molecule has 0 spiro atoms. The minimum atomic E-state index is -0.781. The van der Waals surface area contributed by atoms with E-state index in [2.05, 4.69) is 24.3 Å². The van der Waals surface area contributed by atoms with Gasteiger partial charge in [0.15, 0.2) is 0 Å². The largest absolute Gasteiger partial charge is 0.353 e. The molecule has 0 saturated heterocycles. The first-order chi connectivity index (χ1) is 6.78. The lowest BCUT2D eigenvalue weighted by atomic mass is 9.75. The molecule has 1 aliphatic rings. The van der Waals surface area contributed by atoms with Crippen molar-refractivity contribution in [3.8, 4) is 0 Å². The van der Waals surface area contributed by atoms with Crippen LogP contribution >= 0.6 is 0 Å². The highest BCUT2D eigenvalue weighted by atomic mass is 16.2. The second-order valence-electron chi connectivity index (χ2n) is 5.38. The van der Waals surface area contributed by atoms with Crippen molar-refractivity contribution in [1.29, 1.82) is 0 Å². The van der Waals surface area contributed by atoms with Gasteiger partial charge in [0.05, 0.1) is 5.54 Å². The summed E-state index contributed by atoms with van der Waals surface area (Å²) in [4.78, 5) is 13.8. The third-order valence-corrected chi connectivity index (χ3v) is 3.40. The first-order valence-corrected chi connectivity index (χ1v) is 5.53. The van der Waals surface area contributed by atoms with E-state index in [1.165, 1.54) is 6.42 Å². The van der Waals surface area contributed by atoms with E-state index in [0.29, 0.717) is 6.54 Å². The van der Waals surface area contributed by atoms with Crippen LogP contribution in [0.25, 0.3) is 0 Å². The maximum Gasteiger partial charge on any atom is 0.239 e. The molecule has 1 amide bonds. The van der Waals surface area contributed by atoms with Crippen LogP contribution < -0.4 is 11.1 Å². The molecular formula is C11H23N3O. The van der Waals surface area contributed by atoms with Crippen molar-refractivity contribution in [1.82, 2.24) is 10.2 Å². The summed E-state index contributed by atoms with van der Waals surface area (Å²) in [7, 11) is 4.14. The Morgan fingerprint density at radius 1 is 1.47 bits per heavy atom. The van der Waals surface area contributed by atoms with Gasteiger partial charge in [0.2, 0.25) is 5.91 Å². The maximum atomic E-state index is 11.6. The fraction of sp³-hybridized carbons (Fsp3) is 0.909. The summed E-state index contributed by atoms with van der Waals surface area (Å²) in [5.74, 6) is -0.0735. The Balaban J connectivity index is 2.46. The van der Waals surface area contributed by atoms with Crippen molar-refractivity contribution in [2.45, 2.75) is 44.2 Å². The molecule has 3 N–H and O–H groups in total. The van der Waals surface area contributed by atoms with E-state index in [9.17, 15) is 4.79 Å². The smallest absolute Gasteiger partial charge is 0.239 e. The van der Waals surface area contributed by atoms with E-state index < -0.39 is 5.54 Å². The van der Waals surface area contributed by atoms with Crippen LogP contribution in [0.1, 0.15) is 33.1 Å².